The Labute approximate surface area is 121 Å². The van der Waals surface area contributed by atoms with Crippen LogP contribution in [0.25, 0.3) is 0 Å². The third kappa shape index (κ3) is 5.80. The lowest BCUT2D eigenvalue weighted by Crippen LogP contribution is -2.47. The summed E-state index contributed by atoms with van der Waals surface area (Å²) in [5.41, 5.74) is 0. The molecule has 0 aromatic rings. The van der Waals surface area contributed by atoms with Crippen molar-refractivity contribution in [3.8, 4) is 0 Å². The first-order valence-electron chi connectivity index (χ1n) is 7.84. The number of aliphatic carboxylic acids is 1. The van der Waals surface area contributed by atoms with Crippen molar-refractivity contribution >= 4 is 12.0 Å². The predicted octanol–water partition coefficient (Wildman–Crippen LogP) is 2.85. The van der Waals surface area contributed by atoms with Crippen LogP contribution in [0.15, 0.2) is 0 Å². The van der Waals surface area contributed by atoms with Crippen molar-refractivity contribution in [3.05, 3.63) is 0 Å². The SMILES string of the molecule is CCCC1CCC(NC(=O)N(CCC)CC(=O)O)CC1. The van der Waals surface area contributed by atoms with Gasteiger partial charge in [0.2, 0.25) is 0 Å². The van der Waals surface area contributed by atoms with Gasteiger partial charge in [-0.2, -0.15) is 0 Å². The fraction of sp³-hybridized carbons (Fsp3) is 0.867. The first-order valence-corrected chi connectivity index (χ1v) is 7.84. The van der Waals surface area contributed by atoms with Crippen molar-refractivity contribution in [2.75, 3.05) is 13.1 Å². The van der Waals surface area contributed by atoms with Crippen LogP contribution in [0.2, 0.25) is 0 Å². The van der Waals surface area contributed by atoms with Gasteiger partial charge in [-0.25, -0.2) is 4.79 Å². The molecule has 5 nitrogen and oxygen atoms in total. The number of hydrogen-bond acceptors (Lipinski definition) is 2. The summed E-state index contributed by atoms with van der Waals surface area (Å²) >= 11 is 0. The molecule has 0 aliphatic heterocycles. The van der Waals surface area contributed by atoms with E-state index in [1.807, 2.05) is 6.92 Å². The van der Waals surface area contributed by atoms with Gasteiger partial charge in [0, 0.05) is 12.6 Å². The lowest BCUT2D eigenvalue weighted by Gasteiger charge is -2.31. The summed E-state index contributed by atoms with van der Waals surface area (Å²) in [5.74, 6) is -0.154. The summed E-state index contributed by atoms with van der Waals surface area (Å²) in [6.07, 6.45) is 7.65. The topological polar surface area (TPSA) is 69.6 Å². The second kappa shape index (κ2) is 8.82. The van der Waals surface area contributed by atoms with Crippen molar-refractivity contribution in [1.29, 1.82) is 0 Å². The standard InChI is InChI=1S/C15H28N2O3/c1-3-5-12-6-8-13(9-7-12)16-15(20)17(10-4-2)11-14(18)19/h12-13H,3-11H2,1-2H3,(H,16,20)(H,18,19). The summed E-state index contributed by atoms with van der Waals surface area (Å²) in [6, 6.07) is -0.0167. The molecule has 0 saturated heterocycles. The van der Waals surface area contributed by atoms with E-state index in [1.165, 1.54) is 30.6 Å². The molecule has 0 heterocycles. The Balaban J connectivity index is 2.38. The van der Waals surface area contributed by atoms with Gasteiger partial charge in [0.25, 0.3) is 0 Å². The van der Waals surface area contributed by atoms with Crippen LogP contribution >= 0.6 is 0 Å². The van der Waals surface area contributed by atoms with Gasteiger partial charge in [-0.15, -0.1) is 0 Å². The van der Waals surface area contributed by atoms with E-state index in [4.69, 9.17) is 5.11 Å². The summed E-state index contributed by atoms with van der Waals surface area (Å²) < 4.78 is 0. The number of nitrogens with zero attached hydrogens (tertiary/aromatic N) is 1. The van der Waals surface area contributed by atoms with Crippen molar-refractivity contribution < 1.29 is 14.7 Å². The number of carbonyl (C=O) groups excluding carboxylic acids is 1. The van der Waals surface area contributed by atoms with Crippen LogP contribution in [-0.2, 0) is 4.79 Å². The van der Waals surface area contributed by atoms with Gasteiger partial charge in [-0.05, 0) is 38.0 Å². The Morgan fingerprint density at radius 2 is 1.80 bits per heavy atom. The molecule has 2 amide bonds. The number of amides is 2. The largest absolute Gasteiger partial charge is 0.480 e. The summed E-state index contributed by atoms with van der Waals surface area (Å²) in [5, 5.41) is 11.8. The molecule has 0 aromatic heterocycles. The molecule has 0 bridgehead atoms. The lowest BCUT2D eigenvalue weighted by atomic mass is 9.83. The van der Waals surface area contributed by atoms with Crippen molar-refractivity contribution in [2.24, 2.45) is 5.92 Å². The summed E-state index contributed by atoms with van der Waals surface area (Å²) in [6.45, 7) is 4.43. The Bertz CT molecular complexity index is 312. The third-order valence-electron chi connectivity index (χ3n) is 3.98. The molecule has 0 unspecified atom stereocenters. The van der Waals surface area contributed by atoms with Gasteiger partial charge in [0.05, 0.1) is 0 Å². The molecular formula is C15H28N2O3. The number of carbonyl (C=O) groups is 2. The average molecular weight is 284 g/mol. The second-order valence-corrected chi connectivity index (χ2v) is 5.77. The molecule has 116 valence electrons. The number of carboxylic acids is 1. The summed E-state index contributed by atoms with van der Waals surface area (Å²) in [4.78, 5) is 24.3. The van der Waals surface area contributed by atoms with Crippen molar-refractivity contribution in [3.63, 3.8) is 0 Å². The first kappa shape index (κ1) is 16.8. The minimum Gasteiger partial charge on any atom is -0.480 e. The van der Waals surface area contributed by atoms with E-state index < -0.39 is 5.97 Å². The Morgan fingerprint density at radius 1 is 1.15 bits per heavy atom. The molecule has 0 radical (unpaired) electrons. The molecule has 0 spiro atoms. The smallest absolute Gasteiger partial charge is 0.323 e. The number of hydrogen-bond donors (Lipinski definition) is 2. The van der Waals surface area contributed by atoms with Gasteiger partial charge in [0.1, 0.15) is 6.54 Å². The number of nitrogens with one attached hydrogen (secondary N) is 1. The molecule has 1 rings (SSSR count). The van der Waals surface area contributed by atoms with Crippen LogP contribution in [0.4, 0.5) is 4.79 Å². The fourth-order valence-electron chi connectivity index (χ4n) is 2.96. The Kier molecular flexibility index (Phi) is 7.41. The van der Waals surface area contributed by atoms with E-state index in [0.717, 1.165) is 25.2 Å². The fourth-order valence-corrected chi connectivity index (χ4v) is 2.96. The normalized spacial score (nSPS) is 22.3. The zero-order valence-corrected chi connectivity index (χ0v) is 12.7. The molecule has 0 atom stereocenters. The second-order valence-electron chi connectivity index (χ2n) is 5.77. The van der Waals surface area contributed by atoms with E-state index in [2.05, 4.69) is 12.2 Å². The third-order valence-corrected chi connectivity index (χ3v) is 3.98. The van der Waals surface area contributed by atoms with Gasteiger partial charge < -0.3 is 15.3 Å². The highest BCUT2D eigenvalue weighted by Gasteiger charge is 2.24. The molecule has 20 heavy (non-hydrogen) atoms. The van der Waals surface area contributed by atoms with E-state index in [-0.39, 0.29) is 18.6 Å². The van der Waals surface area contributed by atoms with Gasteiger partial charge in [-0.1, -0.05) is 26.7 Å². The molecule has 1 fully saturated rings. The molecule has 5 heteroatoms. The van der Waals surface area contributed by atoms with Crippen LogP contribution in [0.1, 0.15) is 58.8 Å². The van der Waals surface area contributed by atoms with Gasteiger partial charge in [-0.3, -0.25) is 4.79 Å². The van der Waals surface area contributed by atoms with Gasteiger partial charge >= 0.3 is 12.0 Å². The zero-order valence-electron chi connectivity index (χ0n) is 12.7. The molecular weight excluding hydrogens is 256 g/mol. The number of rotatable bonds is 7. The molecule has 0 aromatic carbocycles. The predicted molar refractivity (Wildman–Crippen MR) is 78.7 cm³/mol. The maximum Gasteiger partial charge on any atom is 0.323 e. The molecule has 1 aliphatic carbocycles. The van der Waals surface area contributed by atoms with Crippen molar-refractivity contribution in [1.82, 2.24) is 10.2 Å². The van der Waals surface area contributed by atoms with Crippen LogP contribution in [0.3, 0.4) is 0 Å². The lowest BCUT2D eigenvalue weighted by molar-refractivity contribution is -0.137. The van der Waals surface area contributed by atoms with Crippen LogP contribution in [0.5, 0.6) is 0 Å². The maximum absolute atomic E-state index is 12.1. The molecule has 1 aliphatic rings. The highest BCUT2D eigenvalue weighted by Crippen LogP contribution is 2.27. The molecule has 2 N–H and O–H groups in total. The minimum absolute atomic E-state index is 0.212. The first-order chi connectivity index (χ1) is 9.56. The Morgan fingerprint density at radius 3 is 2.30 bits per heavy atom. The highest BCUT2D eigenvalue weighted by atomic mass is 16.4. The van der Waals surface area contributed by atoms with E-state index in [0.29, 0.717) is 6.54 Å². The summed E-state index contributed by atoms with van der Waals surface area (Å²) in [7, 11) is 0. The van der Waals surface area contributed by atoms with Crippen LogP contribution in [-0.4, -0.2) is 41.1 Å². The number of urea groups is 1. The van der Waals surface area contributed by atoms with E-state index in [1.54, 1.807) is 0 Å². The average Bonchev–Trinajstić information content (AvgIpc) is 2.40. The monoisotopic (exact) mass is 284 g/mol. The van der Waals surface area contributed by atoms with Crippen LogP contribution in [0, 0.1) is 5.92 Å². The van der Waals surface area contributed by atoms with Gasteiger partial charge in [0.15, 0.2) is 0 Å². The maximum atomic E-state index is 12.1. The van der Waals surface area contributed by atoms with E-state index in [9.17, 15) is 9.59 Å². The quantitative estimate of drug-likeness (QED) is 0.755. The van der Waals surface area contributed by atoms with E-state index >= 15 is 0 Å². The zero-order chi connectivity index (χ0) is 15.0. The highest BCUT2D eigenvalue weighted by molar-refractivity contribution is 5.80. The number of carboxylic acid groups (broad SMARTS) is 1. The van der Waals surface area contributed by atoms with Crippen molar-refractivity contribution in [2.45, 2.75) is 64.8 Å². The molecule has 1 saturated carbocycles. The minimum atomic E-state index is -0.958. The van der Waals surface area contributed by atoms with Crippen LogP contribution < -0.4 is 5.32 Å². The Hall–Kier alpha value is -1.26.